The molecule has 1 aliphatic carbocycles. The van der Waals surface area contributed by atoms with E-state index >= 15 is 0 Å². The van der Waals surface area contributed by atoms with E-state index in [1.165, 1.54) is 25.7 Å². The minimum absolute atomic E-state index is 0.0229. The molecule has 19 heavy (non-hydrogen) atoms. The molecular weight excluding hydrogens is 244 g/mol. The maximum Gasteiger partial charge on any atom is 0.273 e. The highest BCUT2D eigenvalue weighted by Gasteiger charge is 2.41. The average Bonchev–Trinajstić information content (AvgIpc) is 2.98. The zero-order valence-electron chi connectivity index (χ0n) is 11.3. The molecule has 1 N–H and O–H groups in total. The van der Waals surface area contributed by atoms with Gasteiger partial charge < -0.3 is 14.5 Å². The number of amides is 1. The molecule has 2 fully saturated rings. The summed E-state index contributed by atoms with van der Waals surface area (Å²) in [5.41, 5.74) is 0.402. The third-order valence-electron chi connectivity index (χ3n) is 4.27. The summed E-state index contributed by atoms with van der Waals surface area (Å²) in [6, 6.07) is 0.0988. The minimum atomic E-state index is -0.160. The van der Waals surface area contributed by atoms with Gasteiger partial charge in [0.25, 0.3) is 5.91 Å². The molecule has 0 bridgehead atoms. The van der Waals surface area contributed by atoms with Crippen LogP contribution in [0.15, 0.2) is 10.8 Å². The van der Waals surface area contributed by atoms with Crippen molar-refractivity contribution in [1.29, 1.82) is 0 Å². The van der Waals surface area contributed by atoms with Crippen molar-refractivity contribution in [3.8, 4) is 0 Å². The Morgan fingerprint density at radius 3 is 2.89 bits per heavy atom. The molecule has 2 aliphatic rings. The quantitative estimate of drug-likeness (QED) is 0.889. The van der Waals surface area contributed by atoms with Crippen molar-refractivity contribution in [3.63, 3.8) is 0 Å². The van der Waals surface area contributed by atoms with Crippen LogP contribution in [-0.4, -0.2) is 29.1 Å². The van der Waals surface area contributed by atoms with Gasteiger partial charge in [0.05, 0.1) is 18.2 Å². The SMILES string of the molecule is Cc1ocnc1C(=O)NC1COC2(CCCCC2)C1. The lowest BCUT2D eigenvalue weighted by molar-refractivity contribution is -0.0246. The number of ether oxygens (including phenoxy) is 1. The molecule has 104 valence electrons. The van der Waals surface area contributed by atoms with E-state index in [0.29, 0.717) is 18.1 Å². The Morgan fingerprint density at radius 2 is 2.21 bits per heavy atom. The maximum absolute atomic E-state index is 12.1. The molecule has 2 heterocycles. The Labute approximate surface area is 112 Å². The van der Waals surface area contributed by atoms with Crippen molar-refractivity contribution in [2.24, 2.45) is 0 Å². The molecule has 1 aromatic rings. The van der Waals surface area contributed by atoms with Crippen molar-refractivity contribution in [2.45, 2.75) is 57.1 Å². The highest BCUT2D eigenvalue weighted by Crippen LogP contribution is 2.39. The number of carbonyl (C=O) groups excluding carboxylic acids is 1. The summed E-state index contributed by atoms with van der Waals surface area (Å²) in [5.74, 6) is 0.400. The Balaban J connectivity index is 1.60. The summed E-state index contributed by atoms with van der Waals surface area (Å²) in [6.07, 6.45) is 8.27. The van der Waals surface area contributed by atoms with Crippen LogP contribution in [0.25, 0.3) is 0 Å². The lowest BCUT2D eigenvalue weighted by Gasteiger charge is -2.32. The summed E-state index contributed by atoms with van der Waals surface area (Å²) in [7, 11) is 0. The van der Waals surface area contributed by atoms with E-state index in [1.807, 2.05) is 0 Å². The molecular formula is C14H20N2O3. The third kappa shape index (κ3) is 2.52. The van der Waals surface area contributed by atoms with E-state index in [1.54, 1.807) is 6.92 Å². The van der Waals surface area contributed by atoms with Gasteiger partial charge in [-0.25, -0.2) is 4.98 Å². The predicted octanol–water partition coefficient (Wildman–Crippen LogP) is 2.20. The van der Waals surface area contributed by atoms with Gasteiger partial charge in [0.1, 0.15) is 5.76 Å². The smallest absolute Gasteiger partial charge is 0.273 e. The number of hydrogen-bond donors (Lipinski definition) is 1. The topological polar surface area (TPSA) is 64.4 Å². The number of nitrogens with zero attached hydrogens (tertiary/aromatic N) is 1. The molecule has 0 aromatic carbocycles. The van der Waals surface area contributed by atoms with E-state index in [9.17, 15) is 4.79 Å². The summed E-state index contributed by atoms with van der Waals surface area (Å²) >= 11 is 0. The van der Waals surface area contributed by atoms with Crippen LogP contribution in [0.3, 0.4) is 0 Å². The standard InChI is InChI=1S/C14H20N2O3/c1-10-12(15-9-18-10)13(17)16-11-7-14(19-8-11)5-3-2-4-6-14/h9,11H,2-8H2,1H3,(H,16,17). The second-order valence-corrected chi connectivity index (χ2v) is 5.69. The Hall–Kier alpha value is -1.36. The summed E-state index contributed by atoms with van der Waals surface area (Å²) in [5, 5.41) is 3.01. The number of carbonyl (C=O) groups is 1. The predicted molar refractivity (Wildman–Crippen MR) is 68.9 cm³/mol. The van der Waals surface area contributed by atoms with Gasteiger partial charge in [-0.2, -0.15) is 0 Å². The number of hydrogen-bond acceptors (Lipinski definition) is 4. The zero-order chi connectivity index (χ0) is 13.3. The largest absolute Gasteiger partial charge is 0.448 e. The van der Waals surface area contributed by atoms with Crippen molar-refractivity contribution in [2.75, 3.05) is 6.61 Å². The van der Waals surface area contributed by atoms with E-state index in [2.05, 4.69) is 10.3 Å². The summed E-state index contributed by atoms with van der Waals surface area (Å²) in [4.78, 5) is 16.0. The highest BCUT2D eigenvalue weighted by molar-refractivity contribution is 5.93. The molecule has 5 heteroatoms. The van der Waals surface area contributed by atoms with Crippen LogP contribution >= 0.6 is 0 Å². The fraction of sp³-hybridized carbons (Fsp3) is 0.714. The number of aryl methyl sites for hydroxylation is 1. The average molecular weight is 264 g/mol. The second-order valence-electron chi connectivity index (χ2n) is 5.69. The van der Waals surface area contributed by atoms with Crippen molar-refractivity contribution >= 4 is 5.91 Å². The molecule has 0 radical (unpaired) electrons. The van der Waals surface area contributed by atoms with Crippen molar-refractivity contribution in [3.05, 3.63) is 17.8 Å². The molecule has 1 saturated heterocycles. The number of nitrogens with one attached hydrogen (secondary N) is 1. The van der Waals surface area contributed by atoms with Crippen LogP contribution in [0.2, 0.25) is 0 Å². The van der Waals surface area contributed by atoms with Gasteiger partial charge in [-0.3, -0.25) is 4.79 Å². The van der Waals surface area contributed by atoms with E-state index < -0.39 is 0 Å². The lowest BCUT2D eigenvalue weighted by atomic mass is 9.82. The monoisotopic (exact) mass is 264 g/mol. The Kier molecular flexibility index (Phi) is 3.31. The molecule has 1 amide bonds. The molecule has 3 rings (SSSR count). The molecule has 5 nitrogen and oxygen atoms in total. The van der Waals surface area contributed by atoms with Crippen LogP contribution in [0, 0.1) is 6.92 Å². The van der Waals surface area contributed by atoms with E-state index in [-0.39, 0.29) is 17.6 Å². The first-order valence-electron chi connectivity index (χ1n) is 7.03. The lowest BCUT2D eigenvalue weighted by Crippen LogP contribution is -2.37. The Bertz CT molecular complexity index is 463. The molecule has 1 saturated carbocycles. The number of oxazole rings is 1. The number of rotatable bonds is 2. The molecule has 1 aliphatic heterocycles. The van der Waals surface area contributed by atoms with Crippen LogP contribution in [0.5, 0.6) is 0 Å². The second kappa shape index (κ2) is 4.96. The summed E-state index contributed by atoms with van der Waals surface area (Å²) < 4.78 is 11.0. The zero-order valence-corrected chi connectivity index (χ0v) is 11.3. The number of aromatic nitrogens is 1. The maximum atomic E-state index is 12.1. The third-order valence-corrected chi connectivity index (χ3v) is 4.27. The highest BCUT2D eigenvalue weighted by atomic mass is 16.5. The van der Waals surface area contributed by atoms with Crippen molar-refractivity contribution < 1.29 is 13.9 Å². The van der Waals surface area contributed by atoms with Crippen LogP contribution < -0.4 is 5.32 Å². The van der Waals surface area contributed by atoms with E-state index in [0.717, 1.165) is 19.3 Å². The van der Waals surface area contributed by atoms with Gasteiger partial charge in [0, 0.05) is 0 Å². The molecule has 1 spiro atoms. The normalized spacial score (nSPS) is 25.6. The van der Waals surface area contributed by atoms with Gasteiger partial charge in [0.2, 0.25) is 0 Å². The Morgan fingerprint density at radius 1 is 1.42 bits per heavy atom. The first-order valence-corrected chi connectivity index (χ1v) is 7.03. The molecule has 1 unspecified atom stereocenters. The molecule has 1 aromatic heterocycles. The minimum Gasteiger partial charge on any atom is -0.448 e. The fourth-order valence-electron chi connectivity index (χ4n) is 3.26. The van der Waals surface area contributed by atoms with Crippen LogP contribution in [-0.2, 0) is 4.74 Å². The van der Waals surface area contributed by atoms with Gasteiger partial charge in [0.15, 0.2) is 12.1 Å². The van der Waals surface area contributed by atoms with Crippen molar-refractivity contribution in [1.82, 2.24) is 10.3 Å². The van der Waals surface area contributed by atoms with Gasteiger partial charge in [-0.05, 0) is 26.2 Å². The van der Waals surface area contributed by atoms with Crippen LogP contribution in [0.4, 0.5) is 0 Å². The molecule has 1 atom stereocenters. The van der Waals surface area contributed by atoms with Crippen LogP contribution in [0.1, 0.15) is 54.8 Å². The first-order chi connectivity index (χ1) is 9.19. The fourth-order valence-corrected chi connectivity index (χ4v) is 3.26. The van der Waals surface area contributed by atoms with Gasteiger partial charge in [-0.1, -0.05) is 19.3 Å². The first kappa shape index (κ1) is 12.7. The van der Waals surface area contributed by atoms with E-state index in [4.69, 9.17) is 9.15 Å². The van der Waals surface area contributed by atoms with Gasteiger partial charge >= 0.3 is 0 Å². The summed E-state index contributed by atoms with van der Waals surface area (Å²) in [6.45, 7) is 2.36. The van der Waals surface area contributed by atoms with Gasteiger partial charge in [-0.15, -0.1) is 0 Å².